The van der Waals surface area contributed by atoms with Crippen LogP contribution in [0, 0.1) is 12.8 Å². The van der Waals surface area contributed by atoms with Gasteiger partial charge in [0.2, 0.25) is 0 Å². The first-order valence-electron chi connectivity index (χ1n) is 8.70. The standard InChI is InChI=1S/C18H20N6OS/c1-12-16(26-11-23-12)18(25)24-6-2-3-13(10-24)7-14-8-22-15(9-21-14)17-19-4-5-20-17/h4-5,8-9,11,13H,2-3,6-7,10H2,1H3,(H,19,20)/t13-/m0/s1. The number of hydrogen-bond acceptors (Lipinski definition) is 6. The lowest BCUT2D eigenvalue weighted by Crippen LogP contribution is -2.40. The van der Waals surface area contributed by atoms with E-state index in [-0.39, 0.29) is 5.91 Å². The Morgan fingerprint density at radius 3 is 2.92 bits per heavy atom. The van der Waals surface area contributed by atoms with Crippen molar-refractivity contribution in [1.29, 1.82) is 0 Å². The largest absolute Gasteiger partial charge is 0.343 e. The quantitative estimate of drug-likeness (QED) is 0.765. The van der Waals surface area contributed by atoms with Crippen molar-refractivity contribution in [2.75, 3.05) is 13.1 Å². The first-order chi connectivity index (χ1) is 12.7. The van der Waals surface area contributed by atoms with Crippen LogP contribution in [0.5, 0.6) is 0 Å². The lowest BCUT2D eigenvalue weighted by molar-refractivity contribution is 0.0676. The summed E-state index contributed by atoms with van der Waals surface area (Å²) in [6.45, 7) is 3.47. The summed E-state index contributed by atoms with van der Waals surface area (Å²) in [7, 11) is 0. The van der Waals surface area contributed by atoms with Crippen LogP contribution in [-0.2, 0) is 6.42 Å². The van der Waals surface area contributed by atoms with Gasteiger partial charge in [0.1, 0.15) is 10.6 Å². The number of carbonyl (C=O) groups excluding carboxylic acids is 1. The Bertz CT molecular complexity index is 873. The zero-order valence-corrected chi connectivity index (χ0v) is 15.4. The normalized spacial score (nSPS) is 17.4. The highest BCUT2D eigenvalue weighted by molar-refractivity contribution is 7.11. The summed E-state index contributed by atoms with van der Waals surface area (Å²) in [4.78, 5) is 35.8. The van der Waals surface area contributed by atoms with Gasteiger partial charge < -0.3 is 9.88 Å². The van der Waals surface area contributed by atoms with E-state index in [1.165, 1.54) is 11.3 Å². The number of aromatic nitrogens is 5. The predicted molar refractivity (Wildman–Crippen MR) is 98.8 cm³/mol. The molecule has 1 saturated heterocycles. The molecule has 1 amide bonds. The zero-order chi connectivity index (χ0) is 17.9. The van der Waals surface area contributed by atoms with Crippen LogP contribution in [0.15, 0.2) is 30.3 Å². The highest BCUT2D eigenvalue weighted by Crippen LogP contribution is 2.24. The minimum atomic E-state index is 0.106. The molecule has 0 aromatic carbocycles. The average Bonchev–Trinajstić information content (AvgIpc) is 3.34. The molecular formula is C18H20N6OS. The Labute approximate surface area is 155 Å². The molecule has 1 aliphatic rings. The molecule has 0 radical (unpaired) electrons. The Hall–Kier alpha value is -2.61. The second-order valence-corrected chi connectivity index (χ2v) is 7.42. The topological polar surface area (TPSA) is 87.7 Å². The second kappa shape index (κ2) is 7.33. The summed E-state index contributed by atoms with van der Waals surface area (Å²) in [6.07, 6.45) is 9.98. The number of rotatable bonds is 4. The van der Waals surface area contributed by atoms with Crippen LogP contribution in [0.1, 0.15) is 33.9 Å². The van der Waals surface area contributed by atoms with Crippen molar-refractivity contribution in [2.45, 2.75) is 26.2 Å². The molecule has 1 N–H and O–H groups in total. The molecule has 0 bridgehead atoms. The van der Waals surface area contributed by atoms with Crippen LogP contribution in [0.4, 0.5) is 0 Å². The number of thiazole rings is 1. The number of nitrogens with zero attached hydrogens (tertiary/aromatic N) is 5. The minimum absolute atomic E-state index is 0.106. The fraction of sp³-hybridized carbons (Fsp3) is 0.389. The average molecular weight is 368 g/mol. The van der Waals surface area contributed by atoms with Gasteiger partial charge in [-0.2, -0.15) is 0 Å². The van der Waals surface area contributed by atoms with Crippen molar-refractivity contribution in [3.8, 4) is 11.5 Å². The van der Waals surface area contributed by atoms with Crippen molar-refractivity contribution in [3.63, 3.8) is 0 Å². The number of hydrogen-bond donors (Lipinski definition) is 1. The van der Waals surface area contributed by atoms with Gasteiger partial charge in [-0.1, -0.05) is 0 Å². The maximum absolute atomic E-state index is 12.7. The lowest BCUT2D eigenvalue weighted by Gasteiger charge is -2.32. The van der Waals surface area contributed by atoms with E-state index in [1.807, 2.05) is 18.0 Å². The van der Waals surface area contributed by atoms with Crippen molar-refractivity contribution >= 4 is 17.2 Å². The monoisotopic (exact) mass is 368 g/mol. The molecular weight excluding hydrogens is 348 g/mol. The van der Waals surface area contributed by atoms with Gasteiger partial charge in [0.25, 0.3) is 5.91 Å². The molecule has 1 fully saturated rings. The lowest BCUT2D eigenvalue weighted by atomic mass is 9.93. The molecule has 0 spiro atoms. The number of carbonyl (C=O) groups is 1. The molecule has 1 atom stereocenters. The highest BCUT2D eigenvalue weighted by atomic mass is 32.1. The Balaban J connectivity index is 1.40. The van der Waals surface area contributed by atoms with E-state index in [0.717, 1.165) is 60.1 Å². The number of likely N-dealkylation sites (tertiary alicyclic amines) is 1. The van der Waals surface area contributed by atoms with Crippen LogP contribution < -0.4 is 0 Å². The number of imidazole rings is 1. The molecule has 0 unspecified atom stereocenters. The van der Waals surface area contributed by atoms with E-state index >= 15 is 0 Å². The number of piperidine rings is 1. The summed E-state index contributed by atoms with van der Waals surface area (Å²) in [5.74, 6) is 1.23. The van der Waals surface area contributed by atoms with Crippen LogP contribution in [0.3, 0.4) is 0 Å². The maximum atomic E-state index is 12.7. The third kappa shape index (κ3) is 3.50. The fourth-order valence-electron chi connectivity index (χ4n) is 3.35. The second-order valence-electron chi connectivity index (χ2n) is 6.56. The van der Waals surface area contributed by atoms with Crippen LogP contribution in [0.2, 0.25) is 0 Å². The number of aryl methyl sites for hydroxylation is 1. The van der Waals surface area contributed by atoms with Crippen LogP contribution in [0.25, 0.3) is 11.5 Å². The van der Waals surface area contributed by atoms with Gasteiger partial charge in [0.15, 0.2) is 5.82 Å². The Kier molecular flexibility index (Phi) is 4.75. The van der Waals surface area contributed by atoms with E-state index in [4.69, 9.17) is 0 Å². The SMILES string of the molecule is Cc1ncsc1C(=O)N1CCC[C@@H](Cc2cnc(-c3ncc[nH]3)cn2)C1. The van der Waals surface area contributed by atoms with Gasteiger partial charge in [0.05, 0.1) is 23.1 Å². The first-order valence-corrected chi connectivity index (χ1v) is 9.58. The summed E-state index contributed by atoms with van der Waals surface area (Å²) >= 11 is 1.42. The van der Waals surface area contributed by atoms with Crippen molar-refractivity contribution in [3.05, 3.63) is 46.6 Å². The molecule has 8 heteroatoms. The molecule has 134 valence electrons. The summed E-state index contributed by atoms with van der Waals surface area (Å²) in [6, 6.07) is 0. The minimum Gasteiger partial charge on any atom is -0.343 e. The summed E-state index contributed by atoms with van der Waals surface area (Å²) in [5.41, 5.74) is 4.25. The van der Waals surface area contributed by atoms with Crippen molar-refractivity contribution in [1.82, 2.24) is 29.8 Å². The Morgan fingerprint density at radius 2 is 2.23 bits per heavy atom. The molecule has 26 heavy (non-hydrogen) atoms. The highest BCUT2D eigenvalue weighted by Gasteiger charge is 2.26. The zero-order valence-electron chi connectivity index (χ0n) is 14.6. The van der Waals surface area contributed by atoms with Gasteiger partial charge in [0, 0.05) is 31.7 Å². The molecule has 3 aromatic rings. The molecule has 1 aliphatic heterocycles. The van der Waals surface area contributed by atoms with E-state index in [1.54, 1.807) is 24.1 Å². The van der Waals surface area contributed by atoms with Crippen LogP contribution >= 0.6 is 11.3 Å². The van der Waals surface area contributed by atoms with Gasteiger partial charge in [-0.15, -0.1) is 11.3 Å². The van der Waals surface area contributed by atoms with Crippen LogP contribution in [-0.4, -0.2) is 48.8 Å². The number of amides is 1. The molecule has 0 aliphatic carbocycles. The van der Waals surface area contributed by atoms with E-state index < -0.39 is 0 Å². The molecule has 4 rings (SSSR count). The molecule has 7 nitrogen and oxygen atoms in total. The molecule has 0 saturated carbocycles. The third-order valence-corrected chi connectivity index (χ3v) is 5.61. The summed E-state index contributed by atoms with van der Waals surface area (Å²) in [5, 5.41) is 0. The first kappa shape index (κ1) is 16.8. The summed E-state index contributed by atoms with van der Waals surface area (Å²) < 4.78 is 0. The number of H-pyrrole nitrogens is 1. The molecule has 4 heterocycles. The number of aromatic amines is 1. The third-order valence-electron chi connectivity index (χ3n) is 4.69. The van der Waals surface area contributed by atoms with Gasteiger partial charge >= 0.3 is 0 Å². The van der Waals surface area contributed by atoms with Gasteiger partial charge in [-0.05, 0) is 32.1 Å². The van der Waals surface area contributed by atoms with Gasteiger partial charge in [-0.3, -0.25) is 9.78 Å². The van der Waals surface area contributed by atoms with E-state index in [0.29, 0.717) is 5.92 Å². The fourth-order valence-corrected chi connectivity index (χ4v) is 4.12. The van der Waals surface area contributed by atoms with Gasteiger partial charge in [-0.25, -0.2) is 15.0 Å². The van der Waals surface area contributed by atoms with Crippen molar-refractivity contribution in [2.24, 2.45) is 5.92 Å². The Morgan fingerprint density at radius 1 is 1.31 bits per heavy atom. The van der Waals surface area contributed by atoms with E-state index in [9.17, 15) is 4.79 Å². The van der Waals surface area contributed by atoms with Crippen molar-refractivity contribution < 1.29 is 4.79 Å². The number of nitrogens with one attached hydrogen (secondary N) is 1. The van der Waals surface area contributed by atoms with E-state index in [2.05, 4.69) is 24.9 Å². The predicted octanol–water partition coefficient (Wildman–Crippen LogP) is 2.73. The maximum Gasteiger partial charge on any atom is 0.265 e. The molecule has 3 aromatic heterocycles. The smallest absolute Gasteiger partial charge is 0.265 e.